The van der Waals surface area contributed by atoms with Crippen LogP contribution in [0.2, 0.25) is 0 Å². The number of ether oxygens (including phenoxy) is 1. The minimum absolute atomic E-state index is 0.0217. The van der Waals surface area contributed by atoms with E-state index in [9.17, 15) is 9.59 Å². The Labute approximate surface area is 201 Å². The lowest BCUT2D eigenvalue weighted by atomic mass is 9.99. The number of allylic oxidation sites excluding steroid dienone is 1. The normalized spacial score (nSPS) is 21.4. The molecule has 3 aliphatic rings. The highest BCUT2D eigenvalue weighted by molar-refractivity contribution is 5.97. The summed E-state index contributed by atoms with van der Waals surface area (Å²) >= 11 is 0. The Morgan fingerprint density at radius 1 is 0.941 bits per heavy atom. The van der Waals surface area contributed by atoms with Crippen LogP contribution in [0, 0.1) is 5.92 Å². The maximum absolute atomic E-state index is 13.5. The van der Waals surface area contributed by atoms with Crippen LogP contribution in [0.3, 0.4) is 0 Å². The summed E-state index contributed by atoms with van der Waals surface area (Å²) in [7, 11) is 1.66. The van der Waals surface area contributed by atoms with E-state index in [1.807, 2.05) is 47.9 Å². The van der Waals surface area contributed by atoms with Crippen molar-refractivity contribution in [1.82, 2.24) is 14.7 Å². The molecule has 1 unspecified atom stereocenters. The number of hydrogen-bond acceptors (Lipinski definition) is 4. The second-order valence-electron chi connectivity index (χ2n) is 9.66. The molecule has 1 atom stereocenters. The summed E-state index contributed by atoms with van der Waals surface area (Å²) < 4.78 is 5.27. The third-order valence-corrected chi connectivity index (χ3v) is 7.37. The highest BCUT2D eigenvalue weighted by atomic mass is 16.5. The van der Waals surface area contributed by atoms with Crippen molar-refractivity contribution < 1.29 is 14.3 Å². The van der Waals surface area contributed by atoms with Gasteiger partial charge in [-0.2, -0.15) is 0 Å². The molecule has 0 aromatic heterocycles. The first-order valence-electron chi connectivity index (χ1n) is 12.3. The average molecular weight is 460 g/mol. The van der Waals surface area contributed by atoms with E-state index in [0.29, 0.717) is 12.2 Å². The number of likely N-dealkylation sites (tertiary alicyclic amines) is 1. The minimum atomic E-state index is -0.421. The maximum atomic E-state index is 13.5. The van der Waals surface area contributed by atoms with E-state index in [-0.39, 0.29) is 17.7 Å². The van der Waals surface area contributed by atoms with Gasteiger partial charge in [-0.25, -0.2) is 0 Å². The monoisotopic (exact) mass is 459 g/mol. The molecule has 0 radical (unpaired) electrons. The fraction of sp³-hybridized carbons (Fsp3) is 0.429. The summed E-state index contributed by atoms with van der Waals surface area (Å²) in [4.78, 5) is 33.1. The quantitative estimate of drug-likeness (QED) is 0.623. The fourth-order valence-corrected chi connectivity index (χ4v) is 5.04. The van der Waals surface area contributed by atoms with Gasteiger partial charge in [0.2, 0.25) is 5.91 Å². The van der Waals surface area contributed by atoms with Crippen LogP contribution in [0.5, 0.6) is 5.75 Å². The van der Waals surface area contributed by atoms with Crippen molar-refractivity contribution >= 4 is 11.8 Å². The molecule has 2 fully saturated rings. The molecule has 2 amide bonds. The van der Waals surface area contributed by atoms with Crippen LogP contribution in [-0.4, -0.2) is 53.4 Å². The number of methoxy groups -OCH3 is 1. The zero-order chi connectivity index (χ0) is 23.8. The van der Waals surface area contributed by atoms with Crippen LogP contribution in [-0.2, 0) is 9.59 Å². The van der Waals surface area contributed by atoms with Gasteiger partial charge in [0.15, 0.2) is 0 Å². The minimum Gasteiger partial charge on any atom is -0.497 e. The summed E-state index contributed by atoms with van der Waals surface area (Å²) in [5, 5.41) is 0. The van der Waals surface area contributed by atoms with Crippen molar-refractivity contribution in [3.8, 4) is 16.9 Å². The van der Waals surface area contributed by atoms with Crippen LogP contribution >= 0.6 is 0 Å². The van der Waals surface area contributed by atoms with Gasteiger partial charge in [0.25, 0.3) is 5.91 Å². The lowest BCUT2D eigenvalue weighted by Gasteiger charge is -2.46. The molecule has 34 heavy (non-hydrogen) atoms. The van der Waals surface area contributed by atoms with Gasteiger partial charge in [-0.05, 0) is 81.4 Å². The summed E-state index contributed by atoms with van der Waals surface area (Å²) in [5.74, 6) is 1.06. The molecule has 0 bridgehead atoms. The molecule has 2 aliphatic heterocycles. The van der Waals surface area contributed by atoms with Crippen molar-refractivity contribution in [3.05, 3.63) is 65.4 Å². The molecule has 5 rings (SSSR count). The Morgan fingerprint density at radius 3 is 2.09 bits per heavy atom. The molecular formula is C28H33N3O3. The van der Waals surface area contributed by atoms with Gasteiger partial charge in [0.05, 0.1) is 13.8 Å². The largest absolute Gasteiger partial charge is 0.497 e. The van der Waals surface area contributed by atoms with Crippen LogP contribution in [0.4, 0.5) is 0 Å². The number of rotatable bonds is 6. The van der Waals surface area contributed by atoms with E-state index in [1.54, 1.807) is 7.11 Å². The zero-order valence-corrected chi connectivity index (χ0v) is 20.3. The van der Waals surface area contributed by atoms with Crippen molar-refractivity contribution in [3.63, 3.8) is 0 Å². The lowest BCUT2D eigenvalue weighted by molar-refractivity contribution is -0.148. The van der Waals surface area contributed by atoms with Gasteiger partial charge in [0.1, 0.15) is 11.9 Å². The van der Waals surface area contributed by atoms with E-state index in [0.717, 1.165) is 66.9 Å². The Morgan fingerprint density at radius 2 is 1.53 bits per heavy atom. The Bertz CT molecular complexity index is 1100. The average Bonchev–Trinajstić information content (AvgIpc) is 3.60. The zero-order valence-electron chi connectivity index (χ0n) is 20.3. The first-order chi connectivity index (χ1) is 16.5. The third-order valence-electron chi connectivity index (χ3n) is 7.37. The van der Waals surface area contributed by atoms with Gasteiger partial charge in [-0.15, -0.1) is 0 Å². The number of amides is 2. The predicted molar refractivity (Wildman–Crippen MR) is 132 cm³/mol. The van der Waals surface area contributed by atoms with E-state index in [4.69, 9.17) is 4.74 Å². The van der Waals surface area contributed by atoms with E-state index in [2.05, 4.69) is 29.2 Å². The topological polar surface area (TPSA) is 53.1 Å². The van der Waals surface area contributed by atoms with E-state index in [1.165, 1.54) is 0 Å². The Hall–Kier alpha value is -3.12. The first kappa shape index (κ1) is 22.7. The second-order valence-corrected chi connectivity index (χ2v) is 9.66. The molecule has 1 saturated carbocycles. The third kappa shape index (κ3) is 4.23. The second kappa shape index (κ2) is 9.26. The Kier molecular flexibility index (Phi) is 6.17. The smallest absolute Gasteiger partial charge is 0.254 e. The van der Waals surface area contributed by atoms with E-state index < -0.39 is 6.17 Å². The molecule has 2 aromatic rings. The molecule has 1 saturated heterocycles. The van der Waals surface area contributed by atoms with Gasteiger partial charge < -0.3 is 9.64 Å². The highest BCUT2D eigenvalue weighted by Crippen LogP contribution is 2.41. The highest BCUT2D eigenvalue weighted by Gasteiger charge is 2.45. The van der Waals surface area contributed by atoms with Crippen molar-refractivity contribution in [2.45, 2.75) is 45.7 Å². The van der Waals surface area contributed by atoms with Crippen LogP contribution in [0.15, 0.2) is 59.8 Å². The summed E-state index contributed by atoms with van der Waals surface area (Å²) in [6.07, 6.45) is 3.76. The molecule has 0 spiro atoms. The molecule has 178 valence electrons. The molecule has 6 nitrogen and oxygen atoms in total. The first-order valence-corrected chi connectivity index (χ1v) is 12.3. The molecule has 2 aromatic carbocycles. The van der Waals surface area contributed by atoms with Crippen LogP contribution < -0.4 is 4.74 Å². The number of benzene rings is 2. The van der Waals surface area contributed by atoms with Crippen molar-refractivity contribution in [2.24, 2.45) is 5.92 Å². The predicted octanol–water partition coefficient (Wildman–Crippen LogP) is 4.79. The molecule has 0 N–H and O–H groups in total. The maximum Gasteiger partial charge on any atom is 0.254 e. The number of nitrogens with zero attached hydrogens (tertiary/aromatic N) is 3. The number of carbonyl (C=O) groups excluding carboxylic acids is 2. The summed E-state index contributed by atoms with van der Waals surface area (Å²) in [5.41, 5.74) is 4.59. The number of carbonyl (C=O) groups is 2. The standard InChI is InChI=1S/C28H33N3O3/c1-19-20(2)31(28(33)24-10-11-24)26(30(27(19)32)18-29-16-4-5-17-29)23-8-6-21(7-9-23)22-12-14-25(34-3)15-13-22/h6-9,12-15,24,26H,4-5,10-11,16-18H2,1-3H3. The summed E-state index contributed by atoms with van der Waals surface area (Å²) in [6.45, 7) is 6.30. The van der Waals surface area contributed by atoms with Crippen molar-refractivity contribution in [2.75, 3.05) is 26.9 Å². The van der Waals surface area contributed by atoms with Gasteiger partial charge in [0, 0.05) is 17.2 Å². The fourth-order valence-electron chi connectivity index (χ4n) is 5.04. The number of hydrogen-bond donors (Lipinski definition) is 0. The lowest BCUT2D eigenvalue weighted by Crippen LogP contribution is -2.54. The molecule has 6 heteroatoms. The Balaban J connectivity index is 1.52. The van der Waals surface area contributed by atoms with Crippen molar-refractivity contribution in [1.29, 1.82) is 0 Å². The summed E-state index contributed by atoms with van der Waals surface area (Å²) in [6, 6.07) is 16.3. The van der Waals surface area contributed by atoms with Gasteiger partial charge >= 0.3 is 0 Å². The van der Waals surface area contributed by atoms with Crippen LogP contribution in [0.1, 0.15) is 51.3 Å². The molecular weight excluding hydrogens is 426 g/mol. The van der Waals surface area contributed by atoms with Gasteiger partial charge in [-0.3, -0.25) is 19.4 Å². The molecule has 2 heterocycles. The molecule has 1 aliphatic carbocycles. The van der Waals surface area contributed by atoms with Gasteiger partial charge in [-0.1, -0.05) is 36.4 Å². The SMILES string of the molecule is COc1ccc(-c2ccc(C3N(CN4CCCC4)C(=O)C(C)=C(C)N3C(=O)C3CC3)cc2)cc1. The van der Waals surface area contributed by atoms with E-state index >= 15 is 0 Å². The van der Waals surface area contributed by atoms with Crippen LogP contribution in [0.25, 0.3) is 11.1 Å².